The number of aliphatic hydroxyl groups is 3. The second-order valence-corrected chi connectivity index (χ2v) is 6.51. The quantitative estimate of drug-likeness (QED) is 0.145. The third kappa shape index (κ3) is 6.08. The van der Waals surface area contributed by atoms with E-state index in [1.807, 2.05) is 0 Å². The van der Waals surface area contributed by atoms with Gasteiger partial charge >= 0.3 is 23.9 Å². The summed E-state index contributed by atoms with van der Waals surface area (Å²) in [7, 11) is 0. The van der Waals surface area contributed by atoms with Gasteiger partial charge in [0.1, 0.15) is 26.2 Å². The molecule has 0 saturated carbocycles. The van der Waals surface area contributed by atoms with Gasteiger partial charge in [0.15, 0.2) is 0 Å². The SMILES string of the molecule is N.O=C(O)C(O)C[N+](CC(O)C(=O)O)(CC(O)C(=O)O)CC1(C(=O)O)CCO1. The zero-order valence-electron chi connectivity index (χ0n) is 14.8. The number of aliphatic carboxylic acids is 4. The van der Waals surface area contributed by atoms with Crippen molar-refractivity contribution in [2.24, 2.45) is 0 Å². The first-order valence-electron chi connectivity index (χ1n) is 7.79. The molecule has 0 aromatic rings. The first-order valence-corrected chi connectivity index (χ1v) is 7.79. The van der Waals surface area contributed by atoms with Crippen molar-refractivity contribution in [3.8, 4) is 0 Å². The predicted molar refractivity (Wildman–Crippen MR) is 86.6 cm³/mol. The zero-order chi connectivity index (χ0) is 21.0. The highest BCUT2D eigenvalue weighted by Crippen LogP contribution is 2.31. The Morgan fingerprint density at radius 1 is 0.821 bits per heavy atom. The molecule has 1 aliphatic rings. The summed E-state index contributed by atoms with van der Waals surface area (Å²) in [6.45, 7) is -3.20. The van der Waals surface area contributed by atoms with Crippen molar-refractivity contribution < 1.29 is 64.1 Å². The van der Waals surface area contributed by atoms with Crippen LogP contribution in [-0.4, -0.2) is 121 Å². The van der Waals surface area contributed by atoms with Crippen molar-refractivity contribution in [3.63, 3.8) is 0 Å². The van der Waals surface area contributed by atoms with E-state index in [-0.39, 0.29) is 19.2 Å². The molecule has 1 aliphatic heterocycles. The third-order valence-corrected chi connectivity index (χ3v) is 4.40. The van der Waals surface area contributed by atoms with E-state index in [1.165, 1.54) is 0 Å². The van der Waals surface area contributed by atoms with Gasteiger partial charge in [-0.05, 0) is 0 Å². The molecule has 14 nitrogen and oxygen atoms in total. The molecule has 1 fully saturated rings. The van der Waals surface area contributed by atoms with E-state index in [4.69, 9.17) is 20.1 Å². The molecule has 162 valence electrons. The van der Waals surface area contributed by atoms with Crippen LogP contribution in [0.4, 0.5) is 0 Å². The maximum atomic E-state index is 11.6. The van der Waals surface area contributed by atoms with Gasteiger partial charge in [-0.1, -0.05) is 0 Å². The molecule has 1 rings (SSSR count). The fourth-order valence-electron chi connectivity index (χ4n) is 3.00. The lowest BCUT2D eigenvalue weighted by Gasteiger charge is -2.48. The highest BCUT2D eigenvalue weighted by Gasteiger charge is 2.55. The lowest BCUT2D eigenvalue weighted by molar-refractivity contribution is -0.939. The molecule has 28 heavy (non-hydrogen) atoms. The van der Waals surface area contributed by atoms with Crippen molar-refractivity contribution in [2.75, 3.05) is 32.8 Å². The highest BCUT2D eigenvalue weighted by atomic mass is 16.6. The van der Waals surface area contributed by atoms with Gasteiger partial charge in [0.05, 0.1) is 6.61 Å². The number of hydrogen-bond acceptors (Lipinski definition) is 9. The van der Waals surface area contributed by atoms with Crippen LogP contribution in [-0.2, 0) is 23.9 Å². The van der Waals surface area contributed by atoms with Crippen molar-refractivity contribution in [2.45, 2.75) is 30.3 Å². The minimum atomic E-state index is -2.14. The summed E-state index contributed by atoms with van der Waals surface area (Å²) in [4.78, 5) is 44.7. The van der Waals surface area contributed by atoms with Gasteiger partial charge in [0, 0.05) is 6.42 Å². The minimum Gasteiger partial charge on any atom is -0.479 e. The van der Waals surface area contributed by atoms with Crippen LogP contribution in [0.25, 0.3) is 0 Å². The summed E-state index contributed by atoms with van der Waals surface area (Å²) in [5.74, 6) is -6.65. The topological polar surface area (TPSA) is 254 Å². The van der Waals surface area contributed by atoms with E-state index in [0.29, 0.717) is 0 Å². The van der Waals surface area contributed by atoms with E-state index in [0.717, 1.165) is 0 Å². The van der Waals surface area contributed by atoms with Crippen molar-refractivity contribution in [1.29, 1.82) is 0 Å². The first kappa shape index (κ1) is 25.6. The third-order valence-electron chi connectivity index (χ3n) is 4.40. The minimum absolute atomic E-state index is 0. The van der Waals surface area contributed by atoms with E-state index >= 15 is 0 Å². The van der Waals surface area contributed by atoms with Crippen molar-refractivity contribution in [3.05, 3.63) is 0 Å². The van der Waals surface area contributed by atoms with Crippen molar-refractivity contribution >= 4 is 23.9 Å². The Balaban J connectivity index is 0.00000729. The summed E-state index contributed by atoms with van der Waals surface area (Å²) in [5, 5.41) is 65.4. The molecule has 0 radical (unpaired) electrons. The molecule has 1 saturated heterocycles. The average molecular weight is 413 g/mol. The lowest BCUT2D eigenvalue weighted by atomic mass is 9.91. The molecular formula is C14H25N2O12+. The summed E-state index contributed by atoms with van der Waals surface area (Å²) in [6.07, 6.45) is -6.47. The Labute approximate surface area is 158 Å². The van der Waals surface area contributed by atoms with Gasteiger partial charge in [-0.25, -0.2) is 19.2 Å². The molecule has 0 amide bonds. The largest absolute Gasteiger partial charge is 0.479 e. The van der Waals surface area contributed by atoms with Crippen LogP contribution < -0.4 is 6.15 Å². The number of nitrogens with zero attached hydrogens (tertiary/aromatic N) is 1. The van der Waals surface area contributed by atoms with Gasteiger partial charge in [-0.2, -0.15) is 0 Å². The number of quaternary nitrogens is 1. The molecular weight excluding hydrogens is 388 g/mol. The van der Waals surface area contributed by atoms with Gasteiger partial charge in [-0.3, -0.25) is 0 Å². The normalized spacial score (nSPS) is 23.8. The Kier molecular flexibility index (Phi) is 8.90. The Bertz CT molecular complexity index is 550. The molecule has 0 aromatic heterocycles. The molecule has 0 aromatic carbocycles. The molecule has 4 atom stereocenters. The number of ether oxygens (including phenoxy) is 1. The summed E-state index contributed by atoms with van der Waals surface area (Å²) >= 11 is 0. The summed E-state index contributed by atoms with van der Waals surface area (Å²) in [5.41, 5.74) is -1.89. The Morgan fingerprint density at radius 2 is 1.14 bits per heavy atom. The second-order valence-electron chi connectivity index (χ2n) is 6.51. The van der Waals surface area contributed by atoms with Crippen LogP contribution >= 0.6 is 0 Å². The van der Waals surface area contributed by atoms with Crippen LogP contribution in [0, 0.1) is 0 Å². The van der Waals surface area contributed by atoms with Crippen molar-refractivity contribution in [1.82, 2.24) is 6.15 Å². The van der Waals surface area contributed by atoms with E-state index in [1.54, 1.807) is 0 Å². The van der Waals surface area contributed by atoms with Crippen LogP contribution in [0.5, 0.6) is 0 Å². The average Bonchev–Trinajstić information content (AvgIpc) is 2.49. The Hall–Kier alpha value is -2.36. The molecule has 0 aliphatic carbocycles. The smallest absolute Gasteiger partial charge is 0.342 e. The standard InChI is InChI=1S/C14H21NO12.H3N/c16-7(10(19)20)3-15(4-8(17)11(21)22,5-9(18)12(23)24)6-14(13(25)26)1-2-27-14;/h7-9,16-18H,1-6H2,(H3-,19,20,21,22,23,24,25,26);1H3/p+1. The molecule has 10 N–H and O–H groups in total. The molecule has 14 heteroatoms. The first-order chi connectivity index (χ1) is 12.3. The van der Waals surface area contributed by atoms with Crippen LogP contribution in [0.2, 0.25) is 0 Å². The number of hydrogen-bond donors (Lipinski definition) is 8. The monoisotopic (exact) mass is 413 g/mol. The molecule has 0 spiro atoms. The maximum absolute atomic E-state index is 11.6. The van der Waals surface area contributed by atoms with E-state index in [9.17, 15) is 39.6 Å². The van der Waals surface area contributed by atoms with Gasteiger partial charge < -0.3 is 51.1 Å². The number of aliphatic hydroxyl groups excluding tert-OH is 3. The number of carboxylic acids is 4. The highest BCUT2D eigenvalue weighted by molar-refractivity contribution is 5.78. The van der Waals surface area contributed by atoms with Crippen LogP contribution in [0.15, 0.2) is 0 Å². The van der Waals surface area contributed by atoms with E-state index < -0.39 is 78.5 Å². The molecule has 4 unspecified atom stereocenters. The van der Waals surface area contributed by atoms with Crippen LogP contribution in [0.3, 0.4) is 0 Å². The summed E-state index contributed by atoms with van der Waals surface area (Å²) < 4.78 is 4.03. The number of carbonyl (C=O) groups is 4. The Morgan fingerprint density at radius 3 is 1.32 bits per heavy atom. The second kappa shape index (κ2) is 9.72. The molecule has 1 heterocycles. The zero-order valence-corrected chi connectivity index (χ0v) is 14.8. The lowest BCUT2D eigenvalue weighted by Crippen LogP contribution is -2.69. The summed E-state index contributed by atoms with van der Waals surface area (Å²) in [6, 6.07) is 0. The van der Waals surface area contributed by atoms with Gasteiger partial charge in [0.25, 0.3) is 0 Å². The predicted octanol–water partition coefficient (Wildman–Crippen LogP) is -3.45. The van der Waals surface area contributed by atoms with E-state index in [2.05, 4.69) is 0 Å². The number of carboxylic acid groups (broad SMARTS) is 4. The van der Waals surface area contributed by atoms with Gasteiger partial charge in [-0.15, -0.1) is 0 Å². The maximum Gasteiger partial charge on any atom is 0.342 e. The van der Waals surface area contributed by atoms with Gasteiger partial charge in [0.2, 0.25) is 23.9 Å². The number of rotatable bonds is 12. The fraction of sp³-hybridized carbons (Fsp3) is 0.714. The fourth-order valence-corrected chi connectivity index (χ4v) is 3.00. The molecule has 0 bridgehead atoms. The van der Waals surface area contributed by atoms with Crippen LogP contribution in [0.1, 0.15) is 6.42 Å².